The molecule has 0 saturated carbocycles. The lowest BCUT2D eigenvalue weighted by atomic mass is 10.1. The Bertz CT molecular complexity index is 655. The molecule has 1 aliphatic heterocycles. The Hall–Kier alpha value is -1.39. The molecule has 1 fully saturated rings. The zero-order valence-electron chi connectivity index (χ0n) is 12.3. The average Bonchev–Trinajstić information content (AvgIpc) is 3.09. The van der Waals surface area contributed by atoms with Gasteiger partial charge in [-0.2, -0.15) is 0 Å². The minimum atomic E-state index is 0.157. The summed E-state index contributed by atoms with van der Waals surface area (Å²) in [5.74, 6) is 0.157. The van der Waals surface area contributed by atoms with Gasteiger partial charge in [-0.25, -0.2) is 0 Å². The molecule has 1 aromatic carbocycles. The van der Waals surface area contributed by atoms with Crippen LogP contribution in [0.2, 0.25) is 0 Å². The van der Waals surface area contributed by atoms with Gasteiger partial charge in [0.25, 0.3) is 5.91 Å². The van der Waals surface area contributed by atoms with Crippen LogP contribution in [0.3, 0.4) is 0 Å². The summed E-state index contributed by atoms with van der Waals surface area (Å²) in [6, 6.07) is 12.1. The normalized spacial score (nSPS) is 15.9. The molecule has 3 rings (SSSR count). The molecule has 2 nitrogen and oxygen atoms in total. The van der Waals surface area contributed by atoms with Gasteiger partial charge in [0.15, 0.2) is 0 Å². The van der Waals surface area contributed by atoms with Crippen LogP contribution in [0, 0.1) is 0 Å². The van der Waals surface area contributed by atoms with Crippen LogP contribution in [-0.2, 0) is 4.79 Å². The van der Waals surface area contributed by atoms with Gasteiger partial charge in [0, 0.05) is 22.4 Å². The molecule has 4 heteroatoms. The summed E-state index contributed by atoms with van der Waals surface area (Å²) in [6.07, 6.45) is 5.47. The molecule has 0 bridgehead atoms. The summed E-state index contributed by atoms with van der Waals surface area (Å²) in [7, 11) is 0. The Morgan fingerprint density at radius 2 is 1.82 bits per heavy atom. The largest absolute Gasteiger partial charge is 0.339 e. The van der Waals surface area contributed by atoms with Gasteiger partial charge in [-0.15, -0.1) is 11.3 Å². The molecule has 0 spiro atoms. The lowest BCUT2D eigenvalue weighted by Gasteiger charge is -2.27. The van der Waals surface area contributed by atoms with Gasteiger partial charge in [-0.3, -0.25) is 4.79 Å². The molecule has 0 unspecified atom stereocenters. The van der Waals surface area contributed by atoms with E-state index in [1.165, 1.54) is 6.42 Å². The van der Waals surface area contributed by atoms with Crippen LogP contribution in [-0.4, -0.2) is 23.9 Å². The third-order valence-electron chi connectivity index (χ3n) is 3.84. The third kappa shape index (κ3) is 3.68. The number of hydrogen-bond acceptors (Lipinski definition) is 2. The number of halogens is 1. The maximum absolute atomic E-state index is 12.9. The fourth-order valence-electron chi connectivity index (χ4n) is 2.66. The number of carbonyl (C=O) groups is 1. The highest BCUT2D eigenvalue weighted by Gasteiger charge is 2.21. The Labute approximate surface area is 143 Å². The van der Waals surface area contributed by atoms with Gasteiger partial charge in [-0.05, 0) is 54.5 Å². The summed E-state index contributed by atoms with van der Waals surface area (Å²) >= 11 is 5.07. The lowest BCUT2D eigenvalue weighted by molar-refractivity contribution is -0.125. The number of nitrogens with zero attached hydrogens (tertiary/aromatic N) is 1. The number of amides is 1. The van der Waals surface area contributed by atoms with Gasteiger partial charge in [0.1, 0.15) is 0 Å². The number of hydrogen-bond donors (Lipinski definition) is 0. The van der Waals surface area contributed by atoms with E-state index in [2.05, 4.69) is 15.9 Å². The quantitative estimate of drug-likeness (QED) is 0.686. The maximum Gasteiger partial charge on any atom is 0.255 e. The van der Waals surface area contributed by atoms with Crippen molar-refractivity contribution < 1.29 is 4.79 Å². The minimum Gasteiger partial charge on any atom is -0.339 e. The first-order valence-corrected chi connectivity index (χ1v) is 9.22. The van der Waals surface area contributed by atoms with Crippen LogP contribution < -0.4 is 0 Å². The van der Waals surface area contributed by atoms with E-state index in [4.69, 9.17) is 0 Å². The van der Waals surface area contributed by atoms with E-state index in [0.717, 1.165) is 46.4 Å². The zero-order valence-corrected chi connectivity index (χ0v) is 14.7. The van der Waals surface area contributed by atoms with E-state index in [1.807, 2.05) is 52.8 Å². The highest BCUT2D eigenvalue weighted by Crippen LogP contribution is 2.26. The van der Waals surface area contributed by atoms with Crippen LogP contribution >= 0.6 is 27.3 Å². The maximum atomic E-state index is 12.9. The SMILES string of the molecule is O=C(/C(=C/c1ccc(Br)cc1)c1cccs1)N1CCCCC1. The molecule has 1 amide bonds. The number of carbonyl (C=O) groups excluding carboxylic acids is 1. The Morgan fingerprint density at radius 3 is 2.45 bits per heavy atom. The van der Waals surface area contributed by atoms with Gasteiger partial charge in [-0.1, -0.05) is 34.1 Å². The fourth-order valence-corrected chi connectivity index (χ4v) is 3.66. The van der Waals surface area contributed by atoms with Crippen molar-refractivity contribution in [2.75, 3.05) is 13.1 Å². The van der Waals surface area contributed by atoms with Crippen LogP contribution in [0.1, 0.15) is 29.7 Å². The molecule has 2 aromatic rings. The van der Waals surface area contributed by atoms with Crippen molar-refractivity contribution in [3.63, 3.8) is 0 Å². The zero-order chi connectivity index (χ0) is 15.4. The van der Waals surface area contributed by atoms with Gasteiger partial charge < -0.3 is 4.90 Å². The molecule has 22 heavy (non-hydrogen) atoms. The predicted octanol–water partition coefficient (Wildman–Crippen LogP) is 5.06. The topological polar surface area (TPSA) is 20.3 Å². The summed E-state index contributed by atoms with van der Waals surface area (Å²) in [5, 5.41) is 2.02. The lowest BCUT2D eigenvalue weighted by Crippen LogP contribution is -2.36. The van der Waals surface area contributed by atoms with E-state index < -0.39 is 0 Å². The van der Waals surface area contributed by atoms with Crippen molar-refractivity contribution in [2.45, 2.75) is 19.3 Å². The van der Waals surface area contributed by atoms with Crippen molar-refractivity contribution in [1.82, 2.24) is 4.90 Å². The van der Waals surface area contributed by atoms with Gasteiger partial charge in [0.05, 0.1) is 5.57 Å². The van der Waals surface area contributed by atoms with Crippen LogP contribution in [0.4, 0.5) is 0 Å². The number of rotatable bonds is 3. The fraction of sp³-hybridized carbons (Fsp3) is 0.278. The van der Waals surface area contributed by atoms with E-state index in [0.29, 0.717) is 0 Å². The van der Waals surface area contributed by atoms with Crippen molar-refractivity contribution in [1.29, 1.82) is 0 Å². The second-order valence-corrected chi connectivity index (χ2v) is 7.30. The monoisotopic (exact) mass is 375 g/mol. The number of likely N-dealkylation sites (tertiary alicyclic amines) is 1. The molecular formula is C18H18BrNOS. The highest BCUT2D eigenvalue weighted by atomic mass is 79.9. The summed E-state index contributed by atoms with van der Waals surface area (Å²) in [5.41, 5.74) is 1.86. The first-order valence-electron chi connectivity index (χ1n) is 7.54. The Morgan fingerprint density at radius 1 is 1.09 bits per heavy atom. The number of benzene rings is 1. The summed E-state index contributed by atoms with van der Waals surface area (Å²) < 4.78 is 1.05. The molecule has 1 saturated heterocycles. The molecule has 2 heterocycles. The molecule has 114 valence electrons. The summed E-state index contributed by atoms with van der Waals surface area (Å²) in [6.45, 7) is 1.75. The molecule has 1 aliphatic rings. The van der Waals surface area contributed by atoms with Crippen molar-refractivity contribution in [3.05, 3.63) is 56.7 Å². The first-order chi connectivity index (χ1) is 10.7. The second kappa shape index (κ2) is 7.25. The van der Waals surface area contributed by atoms with Crippen LogP contribution in [0.5, 0.6) is 0 Å². The van der Waals surface area contributed by atoms with E-state index in [9.17, 15) is 4.79 Å². The molecule has 0 aliphatic carbocycles. The van der Waals surface area contributed by atoms with E-state index in [-0.39, 0.29) is 5.91 Å². The summed E-state index contributed by atoms with van der Waals surface area (Å²) in [4.78, 5) is 16.0. The Balaban J connectivity index is 1.93. The molecule has 0 atom stereocenters. The average molecular weight is 376 g/mol. The molecular weight excluding hydrogens is 358 g/mol. The standard InChI is InChI=1S/C18H18BrNOS/c19-15-8-6-14(7-9-15)13-16(17-5-4-12-22-17)18(21)20-10-2-1-3-11-20/h4-9,12-13H,1-3,10-11H2/b16-13+. The van der Waals surface area contributed by atoms with Crippen LogP contribution in [0.15, 0.2) is 46.3 Å². The van der Waals surface area contributed by atoms with Gasteiger partial charge in [0.2, 0.25) is 0 Å². The molecule has 1 aromatic heterocycles. The minimum absolute atomic E-state index is 0.157. The van der Waals surface area contributed by atoms with Crippen molar-refractivity contribution >= 4 is 44.8 Å². The Kier molecular flexibility index (Phi) is 5.11. The van der Waals surface area contributed by atoms with E-state index >= 15 is 0 Å². The van der Waals surface area contributed by atoms with E-state index in [1.54, 1.807) is 11.3 Å². The number of thiophene rings is 1. The highest BCUT2D eigenvalue weighted by molar-refractivity contribution is 9.10. The smallest absolute Gasteiger partial charge is 0.255 e. The molecule has 0 N–H and O–H groups in total. The molecule has 0 radical (unpaired) electrons. The third-order valence-corrected chi connectivity index (χ3v) is 5.27. The van der Waals surface area contributed by atoms with Gasteiger partial charge >= 0.3 is 0 Å². The first kappa shape index (κ1) is 15.5. The predicted molar refractivity (Wildman–Crippen MR) is 96.8 cm³/mol. The van der Waals surface area contributed by atoms with Crippen LogP contribution in [0.25, 0.3) is 11.6 Å². The second-order valence-electron chi connectivity index (χ2n) is 5.44. The van der Waals surface area contributed by atoms with Crippen molar-refractivity contribution in [3.8, 4) is 0 Å². The van der Waals surface area contributed by atoms with Crippen molar-refractivity contribution in [2.24, 2.45) is 0 Å². The number of piperidine rings is 1.